The van der Waals surface area contributed by atoms with Crippen LogP contribution in [0.15, 0.2) is 78.1 Å². The van der Waals surface area contributed by atoms with Crippen molar-refractivity contribution in [2.75, 3.05) is 20.8 Å². The lowest BCUT2D eigenvalue weighted by atomic mass is 10.2. The summed E-state index contributed by atoms with van der Waals surface area (Å²) in [6, 6.07) is 4.19. The van der Waals surface area contributed by atoms with Crippen LogP contribution >= 0.6 is 0 Å². The van der Waals surface area contributed by atoms with E-state index in [0.717, 1.165) is 16.9 Å². The highest BCUT2D eigenvalue weighted by atomic mass is 16.5. The van der Waals surface area contributed by atoms with E-state index in [1.807, 2.05) is 31.2 Å². The zero-order valence-corrected chi connectivity index (χ0v) is 14.9. The molecule has 0 unspecified atom stereocenters. The fourth-order valence-electron chi connectivity index (χ4n) is 1.72. The summed E-state index contributed by atoms with van der Waals surface area (Å²) in [5.41, 5.74) is 1.94. The zero-order valence-electron chi connectivity index (χ0n) is 14.9. The average molecular weight is 343 g/mol. The van der Waals surface area contributed by atoms with Crippen LogP contribution in [-0.4, -0.2) is 31.8 Å². The zero-order chi connectivity index (χ0) is 18.3. The first-order valence-corrected chi connectivity index (χ1v) is 7.74. The van der Waals surface area contributed by atoms with E-state index in [1.54, 1.807) is 39.0 Å². The highest BCUT2D eigenvalue weighted by Gasteiger charge is 2.02. The van der Waals surface area contributed by atoms with E-state index in [-0.39, 0.29) is 0 Å². The van der Waals surface area contributed by atoms with Gasteiger partial charge < -0.3 is 19.5 Å². The van der Waals surface area contributed by atoms with Gasteiger partial charge in [-0.1, -0.05) is 12.7 Å². The Morgan fingerprint density at radius 3 is 2.72 bits per heavy atom. The molecule has 1 N–H and O–H groups in total. The molecule has 6 nitrogen and oxygen atoms in total. The third kappa shape index (κ3) is 9.00. The molecular weight excluding hydrogens is 318 g/mol. The molecule has 0 radical (unpaired) electrons. The van der Waals surface area contributed by atoms with Gasteiger partial charge in [0.05, 0.1) is 32.8 Å². The summed E-state index contributed by atoms with van der Waals surface area (Å²) in [5, 5.41) is 2.90. The van der Waals surface area contributed by atoms with Gasteiger partial charge in [0.2, 0.25) is 0 Å². The first-order chi connectivity index (χ1) is 12.2. The van der Waals surface area contributed by atoms with Crippen LogP contribution in [-0.2, 0) is 20.8 Å². The van der Waals surface area contributed by atoms with E-state index in [1.165, 1.54) is 6.20 Å². The first-order valence-electron chi connectivity index (χ1n) is 7.74. The molecule has 0 amide bonds. The number of pyridine rings is 1. The molecule has 0 spiro atoms. The maximum absolute atomic E-state index is 5.75. The first kappa shape index (κ1) is 20.0. The Balaban J connectivity index is 2.78. The van der Waals surface area contributed by atoms with E-state index < -0.39 is 0 Å². The summed E-state index contributed by atoms with van der Waals surface area (Å²) in [7, 11) is 3.21. The maximum Gasteiger partial charge on any atom is 0.289 e. The van der Waals surface area contributed by atoms with Gasteiger partial charge in [-0.05, 0) is 48.5 Å². The van der Waals surface area contributed by atoms with Crippen molar-refractivity contribution in [1.82, 2.24) is 10.3 Å². The van der Waals surface area contributed by atoms with Gasteiger partial charge >= 0.3 is 0 Å². The third-order valence-electron chi connectivity index (χ3n) is 2.99. The van der Waals surface area contributed by atoms with Crippen LogP contribution in [0.2, 0.25) is 0 Å². The lowest BCUT2D eigenvalue weighted by Crippen LogP contribution is -2.22. The number of rotatable bonds is 9. The monoisotopic (exact) mass is 343 g/mol. The van der Waals surface area contributed by atoms with Crippen molar-refractivity contribution in [2.24, 2.45) is 4.99 Å². The second kappa shape index (κ2) is 12.4. The molecule has 0 aliphatic heterocycles. The van der Waals surface area contributed by atoms with E-state index in [4.69, 9.17) is 14.2 Å². The Bertz CT molecular complexity index is 635. The summed E-state index contributed by atoms with van der Waals surface area (Å²) in [5.74, 6) is 0.771. The molecule has 0 aromatic carbocycles. The second-order valence-corrected chi connectivity index (χ2v) is 4.88. The van der Waals surface area contributed by atoms with Crippen molar-refractivity contribution in [3.8, 4) is 0 Å². The van der Waals surface area contributed by atoms with Crippen LogP contribution in [0.4, 0.5) is 0 Å². The van der Waals surface area contributed by atoms with Crippen molar-refractivity contribution in [3.05, 3.63) is 78.7 Å². The van der Waals surface area contributed by atoms with Crippen LogP contribution in [0.25, 0.3) is 0 Å². The Morgan fingerprint density at radius 1 is 1.32 bits per heavy atom. The smallest absolute Gasteiger partial charge is 0.289 e. The molecule has 0 bridgehead atoms. The Hall–Kier alpha value is -3.02. The third-order valence-corrected chi connectivity index (χ3v) is 2.99. The van der Waals surface area contributed by atoms with Crippen LogP contribution in [0.1, 0.15) is 12.5 Å². The SMILES string of the molecule is C=CNC(=NCc1ccncc1)OCC(=C/C=C/OC)/C=C(\C)OC. The fourth-order valence-corrected chi connectivity index (χ4v) is 1.72. The topological polar surface area (TPSA) is 65.0 Å². The van der Waals surface area contributed by atoms with Crippen LogP contribution < -0.4 is 5.32 Å². The minimum atomic E-state index is 0.310. The molecule has 1 aromatic rings. The van der Waals surface area contributed by atoms with E-state index >= 15 is 0 Å². The number of allylic oxidation sites excluding steroid dienone is 3. The Kier molecular flexibility index (Phi) is 9.94. The highest BCUT2D eigenvalue weighted by Crippen LogP contribution is 2.06. The number of hydrogen-bond donors (Lipinski definition) is 1. The van der Waals surface area contributed by atoms with Gasteiger partial charge in [-0.3, -0.25) is 4.98 Å². The minimum Gasteiger partial charge on any atom is -0.504 e. The summed E-state index contributed by atoms with van der Waals surface area (Å²) in [4.78, 5) is 8.40. The number of nitrogens with one attached hydrogen (secondary N) is 1. The van der Waals surface area contributed by atoms with Gasteiger partial charge in [0.25, 0.3) is 6.02 Å². The number of hydrogen-bond acceptors (Lipinski definition) is 5. The van der Waals surface area contributed by atoms with Crippen molar-refractivity contribution >= 4 is 6.02 Å². The second-order valence-electron chi connectivity index (χ2n) is 4.88. The molecule has 0 aliphatic rings. The van der Waals surface area contributed by atoms with E-state index in [9.17, 15) is 0 Å². The van der Waals surface area contributed by atoms with Gasteiger partial charge in [0.15, 0.2) is 0 Å². The lowest BCUT2D eigenvalue weighted by molar-refractivity contribution is 0.290. The normalized spacial score (nSPS) is 12.8. The largest absolute Gasteiger partial charge is 0.504 e. The quantitative estimate of drug-likeness (QED) is 0.322. The molecular formula is C19H25N3O3. The van der Waals surface area contributed by atoms with E-state index in [0.29, 0.717) is 19.2 Å². The number of aromatic nitrogens is 1. The molecule has 0 saturated carbocycles. The Morgan fingerprint density at radius 2 is 2.08 bits per heavy atom. The molecule has 6 heteroatoms. The minimum absolute atomic E-state index is 0.310. The van der Waals surface area contributed by atoms with Crippen molar-refractivity contribution in [2.45, 2.75) is 13.5 Å². The van der Waals surface area contributed by atoms with Gasteiger partial charge in [-0.2, -0.15) is 0 Å². The molecule has 1 heterocycles. The van der Waals surface area contributed by atoms with Crippen LogP contribution in [0, 0.1) is 0 Å². The van der Waals surface area contributed by atoms with Gasteiger partial charge in [-0.15, -0.1) is 0 Å². The van der Waals surface area contributed by atoms with Crippen molar-refractivity contribution in [3.63, 3.8) is 0 Å². The van der Waals surface area contributed by atoms with Gasteiger partial charge in [0.1, 0.15) is 6.61 Å². The number of nitrogens with zero attached hydrogens (tertiary/aromatic N) is 2. The number of aliphatic imine (C=N–C) groups is 1. The Labute approximate surface area is 149 Å². The molecule has 1 aromatic heterocycles. The maximum atomic E-state index is 5.75. The number of methoxy groups -OCH3 is 2. The predicted molar refractivity (Wildman–Crippen MR) is 99.7 cm³/mol. The predicted octanol–water partition coefficient (Wildman–Crippen LogP) is 3.32. The van der Waals surface area contributed by atoms with Crippen LogP contribution in [0.5, 0.6) is 0 Å². The average Bonchev–Trinajstić information content (AvgIpc) is 2.64. The summed E-state index contributed by atoms with van der Waals surface area (Å²) < 4.78 is 15.8. The molecule has 0 fully saturated rings. The summed E-state index contributed by atoms with van der Waals surface area (Å²) in [6.45, 7) is 6.31. The van der Waals surface area contributed by atoms with E-state index in [2.05, 4.69) is 21.9 Å². The number of ether oxygens (including phenoxy) is 3. The molecule has 25 heavy (non-hydrogen) atoms. The molecule has 0 saturated heterocycles. The lowest BCUT2D eigenvalue weighted by Gasteiger charge is -2.10. The highest BCUT2D eigenvalue weighted by molar-refractivity contribution is 5.74. The van der Waals surface area contributed by atoms with Crippen molar-refractivity contribution in [1.29, 1.82) is 0 Å². The molecule has 134 valence electrons. The fraction of sp³-hybridized carbons (Fsp3) is 0.263. The van der Waals surface area contributed by atoms with Crippen molar-refractivity contribution < 1.29 is 14.2 Å². The standard InChI is InChI=1S/C19H25N3O3/c1-5-21-19(22-14-17-8-10-20-11-9-17)25-15-18(7-6-12-23-3)13-16(2)24-4/h5-13H,1,14-15H2,2-4H3,(H,21,22)/b12-6+,16-13+,18-7+. The van der Waals surface area contributed by atoms with Gasteiger partial charge in [-0.25, -0.2) is 4.99 Å². The molecule has 0 atom stereocenters. The van der Waals surface area contributed by atoms with Gasteiger partial charge in [0, 0.05) is 12.4 Å². The molecule has 1 rings (SSSR count). The van der Waals surface area contributed by atoms with Crippen LogP contribution in [0.3, 0.4) is 0 Å². The molecule has 0 aliphatic carbocycles. The summed E-state index contributed by atoms with van der Waals surface area (Å²) >= 11 is 0. The summed E-state index contributed by atoms with van der Waals surface area (Å²) in [6.07, 6.45) is 12.1. The number of amidine groups is 1.